The molecule has 6 nitrogen and oxygen atoms in total. The molecule has 0 fully saturated rings. The van der Waals surface area contributed by atoms with Gasteiger partial charge in [0.15, 0.2) is 12.4 Å². The molecule has 0 spiro atoms. The molecular weight excluding hydrogens is 356 g/mol. The van der Waals surface area contributed by atoms with Crippen LogP contribution in [0.1, 0.15) is 52.3 Å². The zero-order valence-corrected chi connectivity index (χ0v) is 16.6. The summed E-state index contributed by atoms with van der Waals surface area (Å²) in [4.78, 5) is 24.7. The van der Waals surface area contributed by atoms with Gasteiger partial charge in [0.1, 0.15) is 5.76 Å². The number of nitrogens with zero attached hydrogens (tertiary/aromatic N) is 2. The highest BCUT2D eigenvalue weighted by Crippen LogP contribution is 2.22. The first-order chi connectivity index (χ1) is 13.4. The summed E-state index contributed by atoms with van der Waals surface area (Å²) in [5.74, 6) is 0.729. The SMILES string of the molecule is Cc1cc(-n2c(C)cc(C(=O)COC(=O)C[C@H](C)c3ccccc3)c2C)no1. The second-order valence-electron chi connectivity index (χ2n) is 7.02. The maximum absolute atomic E-state index is 12.6. The number of Topliss-reactive ketones (excluding diaryl/α,β-unsaturated/α-hetero) is 1. The lowest BCUT2D eigenvalue weighted by atomic mass is 9.98. The summed E-state index contributed by atoms with van der Waals surface area (Å²) >= 11 is 0. The van der Waals surface area contributed by atoms with E-state index in [0.29, 0.717) is 17.1 Å². The van der Waals surface area contributed by atoms with E-state index in [1.54, 1.807) is 12.1 Å². The van der Waals surface area contributed by atoms with E-state index in [0.717, 1.165) is 17.0 Å². The van der Waals surface area contributed by atoms with E-state index in [2.05, 4.69) is 5.16 Å². The summed E-state index contributed by atoms with van der Waals surface area (Å²) in [5, 5.41) is 4.01. The zero-order valence-electron chi connectivity index (χ0n) is 16.6. The molecule has 2 aromatic heterocycles. The van der Waals surface area contributed by atoms with Crippen molar-refractivity contribution in [1.82, 2.24) is 9.72 Å². The number of carbonyl (C=O) groups excluding carboxylic acids is 2. The van der Waals surface area contributed by atoms with Crippen molar-refractivity contribution in [2.24, 2.45) is 0 Å². The van der Waals surface area contributed by atoms with Crippen LogP contribution in [0.4, 0.5) is 0 Å². The fourth-order valence-corrected chi connectivity index (χ4v) is 3.29. The van der Waals surface area contributed by atoms with Gasteiger partial charge in [0, 0.05) is 23.0 Å². The summed E-state index contributed by atoms with van der Waals surface area (Å²) in [6.45, 7) is 7.23. The number of ketones is 1. The van der Waals surface area contributed by atoms with E-state index in [-0.39, 0.29) is 30.7 Å². The van der Waals surface area contributed by atoms with E-state index in [4.69, 9.17) is 9.26 Å². The average molecular weight is 380 g/mol. The molecule has 28 heavy (non-hydrogen) atoms. The number of aromatic nitrogens is 2. The molecule has 0 radical (unpaired) electrons. The van der Waals surface area contributed by atoms with E-state index in [9.17, 15) is 9.59 Å². The van der Waals surface area contributed by atoms with Gasteiger partial charge in [0.25, 0.3) is 0 Å². The Balaban J connectivity index is 1.63. The number of hydrogen-bond donors (Lipinski definition) is 0. The van der Waals surface area contributed by atoms with Crippen molar-refractivity contribution in [2.75, 3.05) is 6.61 Å². The average Bonchev–Trinajstić information content (AvgIpc) is 3.22. The molecule has 1 atom stereocenters. The van der Waals surface area contributed by atoms with Crippen LogP contribution >= 0.6 is 0 Å². The first kappa shape index (κ1) is 19.6. The minimum absolute atomic E-state index is 0.0317. The highest BCUT2D eigenvalue weighted by molar-refractivity contribution is 5.99. The van der Waals surface area contributed by atoms with Gasteiger partial charge in [-0.2, -0.15) is 0 Å². The minimum Gasteiger partial charge on any atom is -0.457 e. The Morgan fingerprint density at radius 2 is 1.86 bits per heavy atom. The van der Waals surface area contributed by atoms with Gasteiger partial charge in [-0.15, -0.1) is 0 Å². The molecule has 6 heteroatoms. The molecule has 0 aliphatic carbocycles. The van der Waals surface area contributed by atoms with Gasteiger partial charge < -0.3 is 9.26 Å². The highest BCUT2D eigenvalue weighted by atomic mass is 16.5. The smallest absolute Gasteiger partial charge is 0.306 e. The Morgan fingerprint density at radius 1 is 1.14 bits per heavy atom. The van der Waals surface area contributed by atoms with Crippen molar-refractivity contribution in [1.29, 1.82) is 0 Å². The van der Waals surface area contributed by atoms with Gasteiger partial charge in [0.05, 0.1) is 6.42 Å². The second kappa shape index (κ2) is 8.25. The summed E-state index contributed by atoms with van der Waals surface area (Å²) in [5.41, 5.74) is 3.18. The van der Waals surface area contributed by atoms with E-state index >= 15 is 0 Å². The number of benzene rings is 1. The van der Waals surface area contributed by atoms with Crippen LogP contribution in [0.5, 0.6) is 0 Å². The molecule has 0 saturated heterocycles. The first-order valence-corrected chi connectivity index (χ1v) is 9.23. The Hall–Kier alpha value is -3.15. The lowest BCUT2D eigenvalue weighted by Gasteiger charge is -2.11. The van der Waals surface area contributed by atoms with Crippen LogP contribution in [0.2, 0.25) is 0 Å². The molecule has 0 aliphatic heterocycles. The van der Waals surface area contributed by atoms with Crippen molar-refractivity contribution >= 4 is 11.8 Å². The van der Waals surface area contributed by atoms with Crippen molar-refractivity contribution in [3.8, 4) is 5.82 Å². The summed E-state index contributed by atoms with van der Waals surface area (Å²) in [6.07, 6.45) is 0.231. The fraction of sp³-hybridized carbons (Fsp3) is 0.318. The third-order valence-corrected chi connectivity index (χ3v) is 4.78. The molecule has 2 heterocycles. The summed E-state index contributed by atoms with van der Waals surface area (Å²) < 4.78 is 12.2. The molecule has 3 rings (SSSR count). The monoisotopic (exact) mass is 380 g/mol. The summed E-state index contributed by atoms with van der Waals surface area (Å²) in [6, 6.07) is 13.3. The van der Waals surface area contributed by atoms with E-state index < -0.39 is 0 Å². The number of esters is 1. The fourth-order valence-electron chi connectivity index (χ4n) is 3.29. The van der Waals surface area contributed by atoms with E-state index in [1.807, 2.05) is 62.6 Å². The number of aryl methyl sites for hydroxylation is 2. The van der Waals surface area contributed by atoms with Crippen molar-refractivity contribution < 1.29 is 18.8 Å². The maximum Gasteiger partial charge on any atom is 0.306 e. The van der Waals surface area contributed by atoms with Crippen LogP contribution in [-0.4, -0.2) is 28.1 Å². The molecule has 1 aromatic carbocycles. The highest BCUT2D eigenvalue weighted by Gasteiger charge is 2.20. The van der Waals surface area contributed by atoms with Crippen LogP contribution in [0.3, 0.4) is 0 Å². The van der Waals surface area contributed by atoms with Crippen LogP contribution in [-0.2, 0) is 9.53 Å². The molecule has 0 amide bonds. The largest absolute Gasteiger partial charge is 0.457 e. The van der Waals surface area contributed by atoms with Crippen LogP contribution in [0.15, 0.2) is 47.0 Å². The minimum atomic E-state index is -0.384. The quantitative estimate of drug-likeness (QED) is 0.451. The van der Waals surface area contributed by atoms with Gasteiger partial charge in [-0.25, -0.2) is 0 Å². The maximum atomic E-state index is 12.6. The number of hydrogen-bond acceptors (Lipinski definition) is 5. The van der Waals surface area contributed by atoms with Gasteiger partial charge in [-0.05, 0) is 38.3 Å². The lowest BCUT2D eigenvalue weighted by Crippen LogP contribution is -2.16. The Labute approximate surface area is 164 Å². The third-order valence-electron chi connectivity index (χ3n) is 4.78. The standard InChI is InChI=1S/C22H24N2O4/c1-14(18-8-6-5-7-9-18)10-22(26)27-13-20(25)19-11-15(2)24(17(19)4)21-12-16(3)28-23-21/h5-9,11-12,14H,10,13H2,1-4H3/t14-/m0/s1. The van der Waals surface area contributed by atoms with Gasteiger partial charge in [-0.1, -0.05) is 42.4 Å². The first-order valence-electron chi connectivity index (χ1n) is 9.23. The third kappa shape index (κ3) is 4.22. The molecule has 0 saturated carbocycles. The molecule has 0 bridgehead atoms. The molecule has 0 aliphatic rings. The van der Waals surface area contributed by atoms with Crippen molar-refractivity contribution in [2.45, 2.75) is 40.0 Å². The van der Waals surface area contributed by atoms with Crippen LogP contribution in [0.25, 0.3) is 5.82 Å². The van der Waals surface area contributed by atoms with Gasteiger partial charge in [-0.3, -0.25) is 14.2 Å². The van der Waals surface area contributed by atoms with Gasteiger partial charge in [0.2, 0.25) is 5.78 Å². The van der Waals surface area contributed by atoms with E-state index in [1.165, 1.54) is 0 Å². The molecule has 0 N–H and O–H groups in total. The lowest BCUT2D eigenvalue weighted by molar-refractivity contribution is -0.142. The second-order valence-corrected chi connectivity index (χ2v) is 7.02. The van der Waals surface area contributed by atoms with Crippen molar-refractivity contribution in [3.05, 3.63) is 70.7 Å². The molecule has 146 valence electrons. The Bertz CT molecular complexity index is 985. The summed E-state index contributed by atoms with van der Waals surface area (Å²) in [7, 11) is 0. The molecule has 0 unspecified atom stereocenters. The van der Waals surface area contributed by atoms with Gasteiger partial charge >= 0.3 is 5.97 Å². The molecule has 3 aromatic rings. The number of rotatable bonds is 7. The zero-order chi connectivity index (χ0) is 20.3. The van der Waals surface area contributed by atoms with Crippen molar-refractivity contribution in [3.63, 3.8) is 0 Å². The Kier molecular flexibility index (Phi) is 5.78. The predicted octanol–water partition coefficient (Wildman–Crippen LogP) is 4.31. The van der Waals surface area contributed by atoms with Crippen LogP contribution in [0, 0.1) is 20.8 Å². The van der Waals surface area contributed by atoms with Crippen LogP contribution < -0.4 is 0 Å². The molecular formula is C22H24N2O4. The topological polar surface area (TPSA) is 74.3 Å². The number of ether oxygens (including phenoxy) is 1. The predicted molar refractivity (Wildman–Crippen MR) is 105 cm³/mol. The Morgan fingerprint density at radius 3 is 2.50 bits per heavy atom. The number of carbonyl (C=O) groups is 2. The normalized spacial score (nSPS) is 12.0.